The zero-order valence-electron chi connectivity index (χ0n) is 12.7. The van der Waals surface area contributed by atoms with Crippen molar-refractivity contribution in [3.63, 3.8) is 0 Å². The van der Waals surface area contributed by atoms with Gasteiger partial charge in [-0.1, -0.05) is 12.1 Å². The van der Waals surface area contributed by atoms with Crippen molar-refractivity contribution in [1.29, 1.82) is 0 Å². The number of rotatable bonds is 6. The Hall–Kier alpha value is -1.77. The Bertz CT molecular complexity index is 809. The summed E-state index contributed by atoms with van der Waals surface area (Å²) < 4.78 is 38.2. The highest BCUT2D eigenvalue weighted by Crippen LogP contribution is 2.35. The molecule has 0 radical (unpaired) electrons. The van der Waals surface area contributed by atoms with E-state index in [1.165, 1.54) is 20.3 Å². The van der Waals surface area contributed by atoms with E-state index < -0.39 is 10.0 Å². The molecular weight excluding hydrogens is 384 g/mol. The number of sulfonamides is 1. The minimum atomic E-state index is -3.73. The average Bonchev–Trinajstić information content (AvgIpc) is 2.52. The van der Waals surface area contributed by atoms with E-state index in [1.54, 1.807) is 30.3 Å². The maximum atomic E-state index is 12.5. The molecule has 0 spiro atoms. The van der Waals surface area contributed by atoms with Gasteiger partial charge in [0.15, 0.2) is 11.5 Å². The molecule has 0 amide bonds. The molecule has 0 heterocycles. The molecule has 0 aliphatic carbocycles. The molecule has 0 bridgehead atoms. The summed E-state index contributed by atoms with van der Waals surface area (Å²) in [5.41, 5.74) is 7.03. The summed E-state index contributed by atoms with van der Waals surface area (Å²) >= 11 is 3.25. The second-order valence-electron chi connectivity index (χ2n) is 4.71. The van der Waals surface area contributed by atoms with E-state index in [9.17, 15) is 8.42 Å². The maximum absolute atomic E-state index is 12.5. The normalized spacial score (nSPS) is 11.3. The molecule has 3 N–H and O–H groups in total. The molecule has 8 heteroatoms. The Morgan fingerprint density at radius 3 is 2.39 bits per heavy atom. The molecule has 124 valence electrons. The molecule has 0 aliphatic heterocycles. The molecule has 0 unspecified atom stereocenters. The summed E-state index contributed by atoms with van der Waals surface area (Å²) in [5.74, 6) is 0.772. The largest absolute Gasteiger partial charge is 0.493 e. The predicted molar refractivity (Wildman–Crippen MR) is 92.1 cm³/mol. The molecule has 0 aliphatic rings. The molecule has 0 saturated carbocycles. The van der Waals surface area contributed by atoms with E-state index in [1.807, 2.05) is 0 Å². The minimum Gasteiger partial charge on any atom is -0.493 e. The van der Waals surface area contributed by atoms with Gasteiger partial charge in [-0.25, -0.2) is 13.1 Å². The second kappa shape index (κ2) is 7.20. The van der Waals surface area contributed by atoms with E-state index in [4.69, 9.17) is 15.2 Å². The zero-order valence-corrected chi connectivity index (χ0v) is 15.1. The highest BCUT2D eigenvalue weighted by Gasteiger charge is 2.21. The zero-order chi connectivity index (χ0) is 17.0. The molecule has 2 aromatic carbocycles. The van der Waals surface area contributed by atoms with Crippen LogP contribution in [0.4, 0.5) is 5.69 Å². The molecule has 0 aromatic heterocycles. The quantitative estimate of drug-likeness (QED) is 0.726. The Kier molecular flexibility index (Phi) is 5.51. The minimum absolute atomic E-state index is 0.0686. The van der Waals surface area contributed by atoms with Crippen LogP contribution in [-0.2, 0) is 16.6 Å². The number of hydrogen-bond acceptors (Lipinski definition) is 5. The van der Waals surface area contributed by atoms with Crippen LogP contribution in [0.1, 0.15) is 5.56 Å². The monoisotopic (exact) mass is 400 g/mol. The maximum Gasteiger partial charge on any atom is 0.242 e. The van der Waals surface area contributed by atoms with Crippen LogP contribution in [0.25, 0.3) is 0 Å². The standard InChI is InChI=1S/C15H17BrN2O4S/c1-21-13-7-12(16)15(8-14(13)22-2)23(19,20)18-9-10-4-3-5-11(17)6-10/h3-8,18H,9,17H2,1-2H3. The smallest absolute Gasteiger partial charge is 0.242 e. The van der Waals surface area contributed by atoms with Crippen molar-refractivity contribution in [2.24, 2.45) is 0 Å². The van der Waals surface area contributed by atoms with Gasteiger partial charge >= 0.3 is 0 Å². The molecule has 2 aromatic rings. The summed E-state index contributed by atoms with van der Waals surface area (Å²) in [6, 6.07) is 9.97. The molecule has 6 nitrogen and oxygen atoms in total. The third kappa shape index (κ3) is 4.15. The van der Waals surface area contributed by atoms with Crippen molar-refractivity contribution in [1.82, 2.24) is 4.72 Å². The Labute approximate surface area is 143 Å². The lowest BCUT2D eigenvalue weighted by atomic mass is 10.2. The lowest BCUT2D eigenvalue weighted by molar-refractivity contribution is 0.353. The van der Waals surface area contributed by atoms with Crippen molar-refractivity contribution in [3.05, 3.63) is 46.4 Å². The highest BCUT2D eigenvalue weighted by molar-refractivity contribution is 9.10. The van der Waals surface area contributed by atoms with Gasteiger partial charge in [0.1, 0.15) is 4.90 Å². The van der Waals surface area contributed by atoms with Crippen LogP contribution in [0.3, 0.4) is 0 Å². The van der Waals surface area contributed by atoms with Crippen LogP contribution in [0, 0.1) is 0 Å². The van der Waals surface area contributed by atoms with Crippen molar-refractivity contribution in [2.45, 2.75) is 11.4 Å². The predicted octanol–water partition coefficient (Wildman–Crippen LogP) is 2.53. The van der Waals surface area contributed by atoms with Crippen LogP contribution in [0.15, 0.2) is 45.8 Å². The number of benzene rings is 2. The van der Waals surface area contributed by atoms with E-state index in [0.717, 1.165) is 5.56 Å². The van der Waals surface area contributed by atoms with E-state index >= 15 is 0 Å². The summed E-state index contributed by atoms with van der Waals surface area (Å²) in [5, 5.41) is 0. The number of halogens is 1. The molecule has 0 fully saturated rings. The first-order valence-corrected chi connectivity index (χ1v) is 8.90. The third-order valence-corrected chi connectivity index (χ3v) is 5.50. The van der Waals surface area contributed by atoms with Crippen LogP contribution < -0.4 is 19.9 Å². The number of nitrogen functional groups attached to an aromatic ring is 1. The Morgan fingerprint density at radius 1 is 1.13 bits per heavy atom. The van der Waals surface area contributed by atoms with E-state index in [0.29, 0.717) is 21.7 Å². The van der Waals surface area contributed by atoms with Crippen molar-refractivity contribution in [3.8, 4) is 11.5 Å². The molecule has 2 rings (SSSR count). The van der Waals surface area contributed by atoms with Crippen LogP contribution in [0.2, 0.25) is 0 Å². The third-order valence-electron chi connectivity index (χ3n) is 3.14. The molecular formula is C15H17BrN2O4S. The van der Waals surface area contributed by atoms with Crippen LogP contribution in [-0.4, -0.2) is 22.6 Å². The number of nitrogens with two attached hydrogens (primary N) is 1. The lowest BCUT2D eigenvalue weighted by Gasteiger charge is -2.13. The first-order valence-electron chi connectivity index (χ1n) is 6.63. The van der Waals surface area contributed by atoms with Gasteiger partial charge in [-0.15, -0.1) is 0 Å². The fraction of sp³-hybridized carbons (Fsp3) is 0.200. The second-order valence-corrected chi connectivity index (χ2v) is 7.30. The number of ether oxygens (including phenoxy) is 2. The SMILES string of the molecule is COc1cc(Br)c(S(=O)(=O)NCc2cccc(N)c2)cc1OC. The molecule has 0 saturated heterocycles. The van der Waals surface area contributed by atoms with Gasteiger partial charge in [0.2, 0.25) is 10.0 Å². The summed E-state index contributed by atoms with van der Waals surface area (Å²) in [7, 11) is -0.803. The Balaban J connectivity index is 2.29. The van der Waals surface area contributed by atoms with Gasteiger partial charge in [-0.3, -0.25) is 0 Å². The van der Waals surface area contributed by atoms with Gasteiger partial charge < -0.3 is 15.2 Å². The molecule has 23 heavy (non-hydrogen) atoms. The average molecular weight is 401 g/mol. The number of methoxy groups -OCH3 is 2. The van der Waals surface area contributed by atoms with E-state index in [2.05, 4.69) is 20.7 Å². The topological polar surface area (TPSA) is 90.7 Å². The first kappa shape index (κ1) is 17.6. The fourth-order valence-electron chi connectivity index (χ4n) is 2.00. The van der Waals surface area contributed by atoms with Crippen molar-refractivity contribution < 1.29 is 17.9 Å². The first-order chi connectivity index (χ1) is 10.9. The van der Waals surface area contributed by atoms with Crippen molar-refractivity contribution >= 4 is 31.6 Å². The van der Waals surface area contributed by atoms with Gasteiger partial charge in [0.25, 0.3) is 0 Å². The number of hydrogen-bond donors (Lipinski definition) is 2. The lowest BCUT2D eigenvalue weighted by Crippen LogP contribution is -2.23. The molecule has 0 atom stereocenters. The van der Waals surface area contributed by atoms with Gasteiger partial charge in [0, 0.05) is 22.8 Å². The van der Waals surface area contributed by atoms with Crippen molar-refractivity contribution in [2.75, 3.05) is 20.0 Å². The summed E-state index contributed by atoms with van der Waals surface area (Å²) in [4.78, 5) is 0.0686. The Morgan fingerprint density at radius 2 is 1.78 bits per heavy atom. The van der Waals surface area contributed by atoms with Gasteiger partial charge in [-0.05, 0) is 39.7 Å². The summed E-state index contributed by atoms with van der Waals surface area (Å²) in [6.07, 6.45) is 0. The van der Waals surface area contributed by atoms with E-state index in [-0.39, 0.29) is 11.4 Å². The van der Waals surface area contributed by atoms with Crippen LogP contribution in [0.5, 0.6) is 11.5 Å². The van der Waals surface area contributed by atoms with Crippen LogP contribution >= 0.6 is 15.9 Å². The van der Waals surface area contributed by atoms with Gasteiger partial charge in [0.05, 0.1) is 14.2 Å². The highest BCUT2D eigenvalue weighted by atomic mass is 79.9. The van der Waals surface area contributed by atoms with Gasteiger partial charge in [-0.2, -0.15) is 0 Å². The number of anilines is 1. The summed E-state index contributed by atoms with van der Waals surface area (Å²) in [6.45, 7) is 0.133. The fourth-order valence-corrected chi connectivity index (χ4v) is 4.05. The number of nitrogens with one attached hydrogen (secondary N) is 1.